The second kappa shape index (κ2) is 3.96. The topological polar surface area (TPSA) is 0 Å². The minimum atomic E-state index is -0.0302. The van der Waals surface area contributed by atoms with Gasteiger partial charge in [-0.25, -0.2) is 4.39 Å². The summed E-state index contributed by atoms with van der Waals surface area (Å²) in [6, 6.07) is 3.99. The summed E-state index contributed by atoms with van der Waals surface area (Å²) in [6.07, 6.45) is 0. The van der Waals surface area contributed by atoms with E-state index < -0.39 is 0 Å². The molecule has 1 heteroatoms. The van der Waals surface area contributed by atoms with Crippen molar-refractivity contribution >= 4 is 0 Å². The molecule has 0 amide bonds. The van der Waals surface area contributed by atoms with Crippen molar-refractivity contribution in [1.29, 1.82) is 0 Å². The van der Waals surface area contributed by atoms with Crippen molar-refractivity contribution in [2.24, 2.45) is 0 Å². The molecule has 84 valence electrons. The molecule has 0 aliphatic carbocycles. The van der Waals surface area contributed by atoms with Gasteiger partial charge < -0.3 is 0 Å². The Kier molecular flexibility index (Phi) is 3.22. The van der Waals surface area contributed by atoms with Crippen LogP contribution in [-0.4, -0.2) is 0 Å². The minimum Gasteiger partial charge on any atom is -0.206 e. The molecular weight excluding hydrogens is 187 g/mol. The second-order valence-corrected chi connectivity index (χ2v) is 5.55. The fraction of sp³-hybridized carbons (Fsp3) is 0.571. The van der Waals surface area contributed by atoms with Gasteiger partial charge in [-0.3, -0.25) is 0 Å². The Hall–Kier alpha value is -0.850. The van der Waals surface area contributed by atoms with Crippen LogP contribution in [-0.2, 0) is 5.41 Å². The molecular formula is C14H21F. The fourth-order valence-corrected chi connectivity index (χ4v) is 1.96. The van der Waals surface area contributed by atoms with Gasteiger partial charge in [-0.05, 0) is 34.9 Å². The molecule has 15 heavy (non-hydrogen) atoms. The smallest absolute Gasteiger partial charge is 0.129 e. The van der Waals surface area contributed by atoms with Gasteiger partial charge in [0.2, 0.25) is 0 Å². The normalized spacial score (nSPS) is 12.3. The van der Waals surface area contributed by atoms with E-state index in [9.17, 15) is 4.39 Å². The first kappa shape index (κ1) is 12.2. The summed E-state index contributed by atoms with van der Waals surface area (Å²) in [5.74, 6) is 0.218. The SMILES string of the molecule is Cc1c(C(C)(C)C)ccc(C(C)C)c1F. The lowest BCUT2D eigenvalue weighted by atomic mass is 9.82. The van der Waals surface area contributed by atoms with Crippen LogP contribution in [0.1, 0.15) is 57.2 Å². The van der Waals surface area contributed by atoms with Crippen LogP contribution in [0, 0.1) is 12.7 Å². The molecule has 0 radical (unpaired) electrons. The van der Waals surface area contributed by atoms with E-state index in [0.717, 1.165) is 16.7 Å². The van der Waals surface area contributed by atoms with E-state index in [1.807, 2.05) is 26.8 Å². The van der Waals surface area contributed by atoms with Gasteiger partial charge in [0.25, 0.3) is 0 Å². The predicted molar refractivity (Wildman–Crippen MR) is 63.9 cm³/mol. The van der Waals surface area contributed by atoms with Crippen LogP contribution in [0.5, 0.6) is 0 Å². The van der Waals surface area contributed by atoms with Crippen LogP contribution >= 0.6 is 0 Å². The Balaban J connectivity index is 3.34. The van der Waals surface area contributed by atoms with Gasteiger partial charge in [0.15, 0.2) is 0 Å². The van der Waals surface area contributed by atoms with E-state index in [-0.39, 0.29) is 17.2 Å². The van der Waals surface area contributed by atoms with Crippen LogP contribution in [0.2, 0.25) is 0 Å². The molecule has 0 bridgehead atoms. The molecule has 0 saturated carbocycles. The Labute approximate surface area is 92.5 Å². The molecule has 0 spiro atoms. The summed E-state index contributed by atoms with van der Waals surface area (Å²) < 4.78 is 14.0. The predicted octanol–water partition coefficient (Wildman–Crippen LogP) is 4.56. The highest BCUT2D eigenvalue weighted by molar-refractivity contribution is 5.38. The van der Waals surface area contributed by atoms with Crippen molar-refractivity contribution in [3.8, 4) is 0 Å². The zero-order valence-electron chi connectivity index (χ0n) is 10.6. The van der Waals surface area contributed by atoms with Crippen LogP contribution in [0.25, 0.3) is 0 Å². The highest BCUT2D eigenvalue weighted by Gasteiger charge is 2.20. The molecule has 1 rings (SSSR count). The highest BCUT2D eigenvalue weighted by Crippen LogP contribution is 2.30. The first-order valence-corrected chi connectivity index (χ1v) is 5.54. The number of hydrogen-bond donors (Lipinski definition) is 0. The van der Waals surface area contributed by atoms with Gasteiger partial charge in [-0.15, -0.1) is 0 Å². The first-order chi connectivity index (χ1) is 6.75. The Morgan fingerprint density at radius 3 is 2.07 bits per heavy atom. The van der Waals surface area contributed by atoms with Crippen molar-refractivity contribution in [1.82, 2.24) is 0 Å². The van der Waals surface area contributed by atoms with Gasteiger partial charge in [0.05, 0.1) is 0 Å². The average molecular weight is 208 g/mol. The lowest BCUT2D eigenvalue weighted by Crippen LogP contribution is -2.15. The number of halogens is 1. The molecule has 0 nitrogen and oxygen atoms in total. The van der Waals surface area contributed by atoms with Crippen molar-refractivity contribution < 1.29 is 4.39 Å². The van der Waals surface area contributed by atoms with E-state index in [1.165, 1.54) is 0 Å². The van der Waals surface area contributed by atoms with Crippen molar-refractivity contribution in [3.63, 3.8) is 0 Å². The third-order valence-corrected chi connectivity index (χ3v) is 2.85. The maximum atomic E-state index is 14.0. The Morgan fingerprint density at radius 2 is 1.67 bits per heavy atom. The fourth-order valence-electron chi connectivity index (χ4n) is 1.96. The summed E-state index contributed by atoms with van der Waals surface area (Å²) in [6.45, 7) is 12.3. The van der Waals surface area contributed by atoms with Gasteiger partial charge in [0, 0.05) is 0 Å². The molecule has 0 fully saturated rings. The monoisotopic (exact) mass is 208 g/mol. The molecule has 0 aliphatic heterocycles. The average Bonchev–Trinajstić information content (AvgIpc) is 2.06. The zero-order valence-corrected chi connectivity index (χ0v) is 10.6. The third-order valence-electron chi connectivity index (χ3n) is 2.85. The van der Waals surface area contributed by atoms with Gasteiger partial charge in [-0.2, -0.15) is 0 Å². The molecule has 0 saturated heterocycles. The summed E-state index contributed by atoms with van der Waals surface area (Å²) in [5, 5.41) is 0. The number of rotatable bonds is 1. The minimum absolute atomic E-state index is 0.0143. The van der Waals surface area contributed by atoms with Crippen molar-refractivity contribution in [3.05, 3.63) is 34.6 Å². The highest BCUT2D eigenvalue weighted by atomic mass is 19.1. The second-order valence-electron chi connectivity index (χ2n) is 5.55. The van der Waals surface area contributed by atoms with E-state index in [2.05, 4.69) is 26.8 Å². The molecule has 0 aromatic heterocycles. The van der Waals surface area contributed by atoms with Crippen LogP contribution in [0.15, 0.2) is 12.1 Å². The van der Waals surface area contributed by atoms with Crippen LogP contribution < -0.4 is 0 Å². The molecule has 0 unspecified atom stereocenters. The third kappa shape index (κ3) is 2.39. The summed E-state index contributed by atoms with van der Waals surface area (Å²) in [5.41, 5.74) is 2.74. The van der Waals surface area contributed by atoms with Crippen LogP contribution in [0.4, 0.5) is 4.39 Å². The standard InChI is InChI=1S/C14H21F/c1-9(2)11-7-8-12(14(4,5)6)10(3)13(11)15/h7-9H,1-6H3. The summed E-state index contributed by atoms with van der Waals surface area (Å²) >= 11 is 0. The maximum absolute atomic E-state index is 14.0. The maximum Gasteiger partial charge on any atom is 0.129 e. The molecule has 0 aliphatic rings. The number of benzene rings is 1. The van der Waals surface area contributed by atoms with Crippen LogP contribution in [0.3, 0.4) is 0 Å². The number of hydrogen-bond acceptors (Lipinski definition) is 0. The zero-order chi connectivity index (χ0) is 11.8. The van der Waals surface area contributed by atoms with Crippen molar-refractivity contribution in [2.75, 3.05) is 0 Å². The lowest BCUT2D eigenvalue weighted by molar-refractivity contribution is 0.551. The molecule has 0 atom stereocenters. The van der Waals surface area contributed by atoms with Gasteiger partial charge >= 0.3 is 0 Å². The molecule has 1 aromatic carbocycles. The Bertz CT molecular complexity index is 356. The molecule has 1 aromatic rings. The Morgan fingerprint density at radius 1 is 1.13 bits per heavy atom. The summed E-state index contributed by atoms with van der Waals surface area (Å²) in [4.78, 5) is 0. The quantitative estimate of drug-likeness (QED) is 0.635. The van der Waals surface area contributed by atoms with E-state index >= 15 is 0 Å². The molecule has 0 N–H and O–H groups in total. The van der Waals surface area contributed by atoms with Gasteiger partial charge in [0.1, 0.15) is 5.82 Å². The van der Waals surface area contributed by atoms with E-state index in [4.69, 9.17) is 0 Å². The largest absolute Gasteiger partial charge is 0.206 e. The van der Waals surface area contributed by atoms with E-state index in [0.29, 0.717) is 0 Å². The van der Waals surface area contributed by atoms with Crippen molar-refractivity contribution in [2.45, 2.75) is 52.9 Å². The lowest BCUT2D eigenvalue weighted by Gasteiger charge is -2.23. The van der Waals surface area contributed by atoms with E-state index in [1.54, 1.807) is 0 Å². The van der Waals surface area contributed by atoms with Gasteiger partial charge in [-0.1, -0.05) is 46.8 Å². The molecule has 0 heterocycles. The summed E-state index contributed by atoms with van der Waals surface area (Å²) in [7, 11) is 0. The first-order valence-electron chi connectivity index (χ1n) is 5.54.